The molecule has 0 saturated heterocycles. The molecule has 2 N–H and O–H groups in total. The molecule has 0 rings (SSSR count). The Morgan fingerprint density at radius 1 is 1.09 bits per heavy atom. The average Bonchev–Trinajstić information content (AvgIpc) is 2.40. The molecule has 0 spiro atoms. The van der Waals surface area contributed by atoms with E-state index in [9.17, 15) is 9.46 Å². The van der Waals surface area contributed by atoms with Crippen LogP contribution < -0.4 is 0 Å². The van der Waals surface area contributed by atoms with Gasteiger partial charge in [-0.05, 0) is 6.42 Å². The molecular weight excluding hydrogens is 313 g/mol. The number of unbranched alkanes of at least 4 members (excludes halogenated alkanes) is 2. The Bertz CT molecular complexity index is 322. The highest BCUT2D eigenvalue weighted by Gasteiger charge is 2.25. The average molecular weight is 344 g/mol. The number of phosphoric acid groups is 1. The lowest BCUT2D eigenvalue weighted by Gasteiger charge is -2.24. The number of quaternary nitrogens is 1. The summed E-state index contributed by atoms with van der Waals surface area (Å²) >= 11 is 0. The molecule has 0 aromatic heterocycles. The van der Waals surface area contributed by atoms with E-state index in [-0.39, 0.29) is 19.8 Å². The van der Waals surface area contributed by atoms with Crippen molar-refractivity contribution in [3.05, 3.63) is 0 Å². The number of hydrogen-bond acceptors (Lipinski definition) is 6. The molecule has 0 aliphatic carbocycles. The first-order valence-corrected chi connectivity index (χ1v) is 9.00. The lowest BCUT2D eigenvalue weighted by atomic mass is 10.3. The summed E-state index contributed by atoms with van der Waals surface area (Å²) in [6.07, 6.45) is 2.24. The Morgan fingerprint density at radius 2 is 1.77 bits per heavy atom. The second kappa shape index (κ2) is 11.5. The zero-order valence-electron chi connectivity index (χ0n) is 14.1. The molecule has 22 heavy (non-hydrogen) atoms. The van der Waals surface area contributed by atoms with Gasteiger partial charge in [0.1, 0.15) is 19.3 Å². The van der Waals surface area contributed by atoms with Gasteiger partial charge in [0, 0.05) is 6.61 Å². The minimum atomic E-state index is -4.15. The van der Waals surface area contributed by atoms with E-state index in [1.165, 1.54) is 0 Å². The zero-order chi connectivity index (χ0) is 17.1. The molecule has 0 saturated carbocycles. The van der Waals surface area contributed by atoms with Crippen LogP contribution in [0.1, 0.15) is 26.2 Å². The molecule has 0 aromatic carbocycles. The van der Waals surface area contributed by atoms with Crippen molar-refractivity contribution < 1.29 is 37.9 Å². The van der Waals surface area contributed by atoms with Gasteiger partial charge in [0.25, 0.3) is 0 Å². The highest BCUT2D eigenvalue weighted by Crippen LogP contribution is 2.43. The van der Waals surface area contributed by atoms with E-state index in [2.05, 4.69) is 11.8 Å². The summed E-state index contributed by atoms with van der Waals surface area (Å²) in [6.45, 7) is 3.08. The van der Waals surface area contributed by atoms with Crippen LogP contribution in [0.2, 0.25) is 0 Å². The zero-order valence-corrected chi connectivity index (χ0v) is 15.0. The van der Waals surface area contributed by atoms with E-state index in [1.54, 1.807) is 0 Å². The fraction of sp³-hybridized carbons (Fsp3) is 1.00. The normalized spacial score (nSPS) is 16.5. The molecule has 134 valence electrons. The van der Waals surface area contributed by atoms with Crippen molar-refractivity contribution in [1.29, 1.82) is 0 Å². The van der Waals surface area contributed by atoms with Crippen LogP contribution in [0.25, 0.3) is 0 Å². The molecule has 0 amide bonds. The largest absolute Gasteiger partial charge is 0.472 e. The smallest absolute Gasteiger partial charge is 0.379 e. The van der Waals surface area contributed by atoms with Crippen molar-refractivity contribution in [2.45, 2.75) is 32.3 Å². The fourth-order valence-corrected chi connectivity index (χ4v) is 2.16. The van der Waals surface area contributed by atoms with Gasteiger partial charge in [-0.1, -0.05) is 19.8 Å². The summed E-state index contributed by atoms with van der Waals surface area (Å²) in [5, 5.41) is 8.73. The van der Waals surface area contributed by atoms with E-state index >= 15 is 0 Å². The maximum atomic E-state index is 11.7. The van der Waals surface area contributed by atoms with E-state index in [1.807, 2.05) is 21.1 Å². The summed E-state index contributed by atoms with van der Waals surface area (Å²) in [7, 11) is 1.68. The number of phosphoric ester groups is 1. The molecular formula is C13H31NO7P+. The highest BCUT2D eigenvalue weighted by atomic mass is 31.2. The Hall–Kier alpha value is -0.0500. The molecule has 8 nitrogen and oxygen atoms in total. The summed E-state index contributed by atoms with van der Waals surface area (Å²) in [5.41, 5.74) is 0. The van der Waals surface area contributed by atoms with Gasteiger partial charge in [0.2, 0.25) is 0 Å². The third-order valence-corrected chi connectivity index (χ3v) is 3.77. The van der Waals surface area contributed by atoms with Gasteiger partial charge in [0.05, 0.1) is 34.4 Å². The first-order valence-electron chi connectivity index (χ1n) is 7.50. The van der Waals surface area contributed by atoms with Crippen LogP contribution in [0.4, 0.5) is 0 Å². The molecule has 0 aliphatic heterocycles. The van der Waals surface area contributed by atoms with Crippen LogP contribution in [0.15, 0.2) is 0 Å². The number of hydrogen-bond donors (Lipinski definition) is 2. The molecule has 0 aliphatic rings. The lowest BCUT2D eigenvalue weighted by Crippen LogP contribution is -2.37. The maximum Gasteiger partial charge on any atom is 0.472 e. The van der Waals surface area contributed by atoms with Gasteiger partial charge in [-0.25, -0.2) is 9.45 Å². The Labute approximate surface area is 133 Å². The van der Waals surface area contributed by atoms with Crippen LogP contribution >= 0.6 is 7.82 Å². The second-order valence-corrected chi connectivity index (χ2v) is 7.57. The third kappa shape index (κ3) is 13.6. The van der Waals surface area contributed by atoms with E-state index in [0.29, 0.717) is 17.6 Å². The summed E-state index contributed by atoms with van der Waals surface area (Å²) in [6, 6.07) is 0. The van der Waals surface area contributed by atoms with Gasteiger partial charge >= 0.3 is 7.82 Å². The number of likely N-dealkylation sites (N-methyl/N-ethyl adjacent to an activating group) is 1. The molecule has 0 radical (unpaired) electrons. The van der Waals surface area contributed by atoms with Gasteiger partial charge in [-0.15, -0.1) is 0 Å². The molecule has 1 unspecified atom stereocenters. The van der Waals surface area contributed by atoms with Gasteiger partial charge in [-0.2, -0.15) is 0 Å². The van der Waals surface area contributed by atoms with Crippen molar-refractivity contribution in [3.63, 3.8) is 0 Å². The van der Waals surface area contributed by atoms with Gasteiger partial charge in [0.15, 0.2) is 0 Å². The monoisotopic (exact) mass is 344 g/mol. The Kier molecular flexibility index (Phi) is 11.5. The number of ether oxygens (including phenoxy) is 1. The van der Waals surface area contributed by atoms with Crippen molar-refractivity contribution >= 4 is 7.82 Å². The van der Waals surface area contributed by atoms with Crippen molar-refractivity contribution in [3.8, 4) is 0 Å². The standard InChI is InChI=1S/C13H30NO7P/c1-5-6-7-9-18-11-13(21-15)12-20-22(16,17)19-10-8-14(2,3)4/h13H,5-12H2,1-4H3,(H-,15,16,17)/p+1/t13-/m1/s1. The predicted molar refractivity (Wildman–Crippen MR) is 82.5 cm³/mol. The first-order chi connectivity index (χ1) is 10.2. The van der Waals surface area contributed by atoms with Crippen LogP contribution in [0, 0.1) is 0 Å². The second-order valence-electron chi connectivity index (χ2n) is 6.12. The summed E-state index contributed by atoms with van der Waals surface area (Å²) in [4.78, 5) is 13.7. The fourth-order valence-electron chi connectivity index (χ4n) is 1.42. The molecule has 0 aromatic rings. The lowest BCUT2D eigenvalue weighted by molar-refractivity contribution is -0.870. The van der Waals surface area contributed by atoms with Crippen molar-refractivity contribution in [2.75, 3.05) is 54.1 Å². The quantitative estimate of drug-likeness (QED) is 0.163. The van der Waals surface area contributed by atoms with Crippen LogP contribution in [0.3, 0.4) is 0 Å². The molecule has 0 bridgehead atoms. The molecule has 2 atom stereocenters. The Balaban J connectivity index is 3.91. The van der Waals surface area contributed by atoms with Crippen LogP contribution in [-0.2, 0) is 23.2 Å². The number of rotatable bonds is 14. The minimum absolute atomic E-state index is 0.0824. The Morgan fingerprint density at radius 3 is 2.32 bits per heavy atom. The molecule has 0 heterocycles. The van der Waals surface area contributed by atoms with E-state index in [0.717, 1.165) is 19.3 Å². The highest BCUT2D eigenvalue weighted by molar-refractivity contribution is 7.47. The van der Waals surface area contributed by atoms with Gasteiger partial charge in [-0.3, -0.25) is 14.3 Å². The summed E-state index contributed by atoms with van der Waals surface area (Å²) < 4.78 is 27.2. The SMILES string of the molecule is CCCCCOC[C@H](COP(=O)(O)OCC[N+](C)(C)C)OO. The molecule has 9 heteroatoms. The van der Waals surface area contributed by atoms with Gasteiger partial charge < -0.3 is 14.1 Å². The first kappa shape index (κ1) is 21.9. The van der Waals surface area contributed by atoms with Crippen molar-refractivity contribution in [2.24, 2.45) is 0 Å². The van der Waals surface area contributed by atoms with Crippen LogP contribution in [0.5, 0.6) is 0 Å². The number of nitrogens with zero attached hydrogens (tertiary/aromatic N) is 1. The third-order valence-electron chi connectivity index (χ3n) is 2.79. The van der Waals surface area contributed by atoms with Crippen LogP contribution in [-0.4, -0.2) is 74.9 Å². The maximum absolute atomic E-state index is 11.7. The minimum Gasteiger partial charge on any atom is -0.379 e. The van der Waals surface area contributed by atoms with E-state index < -0.39 is 13.9 Å². The molecule has 0 fully saturated rings. The topological polar surface area (TPSA) is 94.5 Å². The predicted octanol–water partition coefficient (Wildman–Crippen LogP) is 1.89. The summed E-state index contributed by atoms with van der Waals surface area (Å²) in [5.74, 6) is 0. The van der Waals surface area contributed by atoms with E-state index in [4.69, 9.17) is 19.0 Å². The van der Waals surface area contributed by atoms with Crippen molar-refractivity contribution in [1.82, 2.24) is 0 Å².